The number of aliphatic hydroxyl groups is 1. The highest BCUT2D eigenvalue weighted by Crippen LogP contribution is 2.17. The van der Waals surface area contributed by atoms with E-state index >= 15 is 0 Å². The Morgan fingerprint density at radius 1 is 1.21 bits per heavy atom. The second-order valence-corrected chi connectivity index (χ2v) is 5.41. The van der Waals surface area contributed by atoms with Crippen LogP contribution in [-0.4, -0.2) is 29.7 Å². The van der Waals surface area contributed by atoms with Crippen molar-refractivity contribution in [1.82, 2.24) is 10.3 Å². The topological polar surface area (TPSA) is 71.5 Å². The number of nitrogens with one attached hydrogen (secondary N) is 1. The van der Waals surface area contributed by atoms with E-state index in [1.165, 1.54) is 0 Å². The largest absolute Gasteiger partial charge is 0.497 e. The van der Waals surface area contributed by atoms with Crippen molar-refractivity contribution >= 4 is 16.8 Å². The van der Waals surface area contributed by atoms with Crippen LogP contribution in [0.3, 0.4) is 0 Å². The number of hydrogen-bond acceptors (Lipinski definition) is 4. The lowest BCUT2D eigenvalue weighted by Crippen LogP contribution is -2.28. The molecule has 0 spiro atoms. The molecule has 1 aromatic heterocycles. The predicted octanol–water partition coefficient (Wildman–Crippen LogP) is 2.71. The van der Waals surface area contributed by atoms with Gasteiger partial charge in [-0.05, 0) is 42.0 Å². The summed E-state index contributed by atoms with van der Waals surface area (Å²) < 4.78 is 5.08. The molecule has 1 amide bonds. The van der Waals surface area contributed by atoms with E-state index in [-0.39, 0.29) is 12.5 Å². The summed E-state index contributed by atoms with van der Waals surface area (Å²) in [4.78, 5) is 16.5. The number of nitrogens with zero attached hydrogens (tertiary/aromatic N) is 1. The van der Waals surface area contributed by atoms with Crippen molar-refractivity contribution in [2.75, 3.05) is 13.7 Å². The van der Waals surface area contributed by atoms with Gasteiger partial charge in [0.25, 0.3) is 5.91 Å². The molecule has 2 aromatic carbocycles. The average molecular weight is 322 g/mol. The van der Waals surface area contributed by atoms with Crippen LogP contribution in [-0.2, 0) is 0 Å². The Labute approximate surface area is 139 Å². The quantitative estimate of drug-likeness (QED) is 0.757. The molecule has 0 fully saturated rings. The number of hydrogen-bond donors (Lipinski definition) is 2. The zero-order valence-corrected chi connectivity index (χ0v) is 13.3. The first-order chi connectivity index (χ1) is 11.7. The van der Waals surface area contributed by atoms with Crippen molar-refractivity contribution < 1.29 is 14.6 Å². The van der Waals surface area contributed by atoms with Gasteiger partial charge in [0, 0.05) is 23.7 Å². The maximum atomic E-state index is 12.3. The van der Waals surface area contributed by atoms with Gasteiger partial charge in [-0.15, -0.1) is 0 Å². The second kappa shape index (κ2) is 7.10. The molecule has 3 aromatic rings. The first kappa shape index (κ1) is 16.0. The van der Waals surface area contributed by atoms with E-state index in [4.69, 9.17) is 4.74 Å². The molecule has 0 saturated carbocycles. The number of rotatable bonds is 5. The molecule has 0 aliphatic rings. The summed E-state index contributed by atoms with van der Waals surface area (Å²) in [6.07, 6.45) is 0.940. The SMILES string of the molecule is COc1ccc(C(O)CNC(=O)c2ccc3ncccc3c2)cc1. The summed E-state index contributed by atoms with van der Waals surface area (Å²) in [6.45, 7) is 0.135. The van der Waals surface area contributed by atoms with E-state index in [2.05, 4.69) is 10.3 Å². The van der Waals surface area contributed by atoms with Crippen LogP contribution in [0.4, 0.5) is 0 Å². The number of ether oxygens (including phenoxy) is 1. The van der Waals surface area contributed by atoms with E-state index in [1.54, 1.807) is 49.7 Å². The summed E-state index contributed by atoms with van der Waals surface area (Å²) in [5.74, 6) is 0.494. The minimum atomic E-state index is -0.776. The molecule has 0 aliphatic heterocycles. The third-order valence-electron chi connectivity index (χ3n) is 3.82. The zero-order valence-electron chi connectivity index (χ0n) is 13.3. The highest BCUT2D eigenvalue weighted by atomic mass is 16.5. The van der Waals surface area contributed by atoms with Gasteiger partial charge in [-0.2, -0.15) is 0 Å². The van der Waals surface area contributed by atoms with Gasteiger partial charge in [0.2, 0.25) is 0 Å². The lowest BCUT2D eigenvalue weighted by molar-refractivity contribution is 0.0916. The van der Waals surface area contributed by atoms with Gasteiger partial charge in [-0.3, -0.25) is 9.78 Å². The Bertz CT molecular complexity index is 847. The van der Waals surface area contributed by atoms with Crippen molar-refractivity contribution in [2.24, 2.45) is 0 Å². The molecule has 5 heteroatoms. The predicted molar refractivity (Wildman–Crippen MR) is 92.0 cm³/mol. The van der Waals surface area contributed by atoms with Crippen molar-refractivity contribution in [3.63, 3.8) is 0 Å². The monoisotopic (exact) mass is 322 g/mol. The van der Waals surface area contributed by atoms with Crippen LogP contribution in [0, 0.1) is 0 Å². The number of aromatic nitrogens is 1. The molecule has 0 saturated heterocycles. The van der Waals surface area contributed by atoms with Gasteiger partial charge in [-0.25, -0.2) is 0 Å². The fourth-order valence-corrected chi connectivity index (χ4v) is 2.45. The first-order valence-electron chi connectivity index (χ1n) is 7.62. The van der Waals surface area contributed by atoms with Crippen LogP contribution in [0.1, 0.15) is 22.0 Å². The Balaban J connectivity index is 1.65. The lowest BCUT2D eigenvalue weighted by Gasteiger charge is -2.13. The maximum Gasteiger partial charge on any atom is 0.251 e. The standard InChI is InChI=1S/C19H18N2O3/c1-24-16-7-4-13(5-8-16)18(22)12-21-19(23)15-6-9-17-14(11-15)3-2-10-20-17/h2-11,18,22H,12H2,1H3,(H,21,23). The number of aliphatic hydroxyl groups excluding tert-OH is 1. The average Bonchev–Trinajstić information content (AvgIpc) is 2.65. The molecule has 5 nitrogen and oxygen atoms in total. The number of methoxy groups -OCH3 is 1. The summed E-state index contributed by atoms with van der Waals surface area (Å²) in [7, 11) is 1.59. The lowest BCUT2D eigenvalue weighted by atomic mass is 10.1. The molecule has 122 valence electrons. The highest BCUT2D eigenvalue weighted by molar-refractivity contribution is 5.97. The fraction of sp³-hybridized carbons (Fsp3) is 0.158. The van der Waals surface area contributed by atoms with Crippen LogP contribution in [0.5, 0.6) is 5.75 Å². The number of carbonyl (C=O) groups is 1. The van der Waals surface area contributed by atoms with Crippen LogP contribution >= 0.6 is 0 Å². The first-order valence-corrected chi connectivity index (χ1v) is 7.62. The van der Waals surface area contributed by atoms with Crippen LogP contribution in [0.2, 0.25) is 0 Å². The third kappa shape index (κ3) is 3.52. The van der Waals surface area contributed by atoms with E-state index in [9.17, 15) is 9.90 Å². The van der Waals surface area contributed by atoms with E-state index < -0.39 is 6.10 Å². The molecule has 1 heterocycles. The Morgan fingerprint density at radius 2 is 2.00 bits per heavy atom. The number of fused-ring (bicyclic) bond motifs is 1. The molecule has 1 unspecified atom stereocenters. The molecule has 3 rings (SSSR count). The molecular weight excluding hydrogens is 304 g/mol. The molecule has 2 N–H and O–H groups in total. The van der Waals surface area contributed by atoms with Crippen LogP contribution in [0.25, 0.3) is 10.9 Å². The van der Waals surface area contributed by atoms with Crippen molar-refractivity contribution in [3.05, 3.63) is 71.9 Å². The Morgan fingerprint density at radius 3 is 2.75 bits per heavy atom. The normalized spacial score (nSPS) is 11.9. The molecule has 0 bridgehead atoms. The van der Waals surface area contributed by atoms with Crippen LogP contribution in [0.15, 0.2) is 60.8 Å². The summed E-state index contributed by atoms with van der Waals surface area (Å²) >= 11 is 0. The Kier molecular flexibility index (Phi) is 4.72. The highest BCUT2D eigenvalue weighted by Gasteiger charge is 2.11. The fourth-order valence-electron chi connectivity index (χ4n) is 2.45. The molecule has 24 heavy (non-hydrogen) atoms. The van der Waals surface area contributed by atoms with Crippen molar-refractivity contribution in [3.8, 4) is 5.75 Å². The van der Waals surface area contributed by atoms with Gasteiger partial charge in [0.15, 0.2) is 0 Å². The molecule has 0 radical (unpaired) electrons. The smallest absolute Gasteiger partial charge is 0.251 e. The summed E-state index contributed by atoms with van der Waals surface area (Å²) in [5, 5.41) is 13.8. The Hall–Kier alpha value is -2.92. The number of amides is 1. The molecule has 1 atom stereocenters. The van der Waals surface area contributed by atoms with E-state index in [0.29, 0.717) is 5.56 Å². The summed E-state index contributed by atoms with van der Waals surface area (Å²) in [5.41, 5.74) is 2.10. The van der Waals surface area contributed by atoms with E-state index in [1.807, 2.05) is 18.2 Å². The van der Waals surface area contributed by atoms with E-state index in [0.717, 1.165) is 22.2 Å². The maximum absolute atomic E-state index is 12.3. The van der Waals surface area contributed by atoms with Crippen molar-refractivity contribution in [2.45, 2.75) is 6.10 Å². The second-order valence-electron chi connectivity index (χ2n) is 5.41. The third-order valence-corrected chi connectivity index (χ3v) is 3.82. The number of carbonyl (C=O) groups excluding carboxylic acids is 1. The summed E-state index contributed by atoms with van der Waals surface area (Å²) in [6, 6.07) is 16.2. The number of pyridine rings is 1. The molecular formula is C19H18N2O3. The minimum Gasteiger partial charge on any atom is -0.497 e. The van der Waals surface area contributed by atoms with Crippen molar-refractivity contribution in [1.29, 1.82) is 0 Å². The van der Waals surface area contributed by atoms with Gasteiger partial charge in [-0.1, -0.05) is 18.2 Å². The number of benzene rings is 2. The van der Waals surface area contributed by atoms with Gasteiger partial charge in [0.1, 0.15) is 5.75 Å². The van der Waals surface area contributed by atoms with Gasteiger partial charge < -0.3 is 15.2 Å². The molecule has 0 aliphatic carbocycles. The minimum absolute atomic E-state index is 0.135. The van der Waals surface area contributed by atoms with Gasteiger partial charge >= 0.3 is 0 Å². The van der Waals surface area contributed by atoms with Crippen LogP contribution < -0.4 is 10.1 Å². The van der Waals surface area contributed by atoms with Gasteiger partial charge in [0.05, 0.1) is 18.7 Å². The zero-order chi connectivity index (χ0) is 16.9.